The number of hydrogen-bond donors (Lipinski definition) is 1. The van der Waals surface area contributed by atoms with Gasteiger partial charge in [0.2, 0.25) is 5.95 Å². The van der Waals surface area contributed by atoms with E-state index in [1.165, 1.54) is 19.4 Å². The lowest BCUT2D eigenvalue weighted by atomic mass is 10.1. The molecular formula is C16H19F3N4O3S. The number of sulfone groups is 1. The lowest BCUT2D eigenvalue weighted by molar-refractivity contribution is -0.0436. The summed E-state index contributed by atoms with van der Waals surface area (Å²) in [6, 6.07) is 4.88. The van der Waals surface area contributed by atoms with Crippen molar-refractivity contribution in [3.63, 3.8) is 0 Å². The van der Waals surface area contributed by atoms with Crippen molar-refractivity contribution >= 4 is 27.3 Å². The van der Waals surface area contributed by atoms with Gasteiger partial charge in [-0.25, -0.2) is 13.4 Å². The molecule has 1 heterocycles. The van der Waals surface area contributed by atoms with Crippen molar-refractivity contribution in [3.05, 3.63) is 36.0 Å². The number of hydrogen-bond acceptors (Lipinski definition) is 7. The molecule has 0 aliphatic rings. The minimum Gasteiger partial charge on any atom is -0.383 e. The van der Waals surface area contributed by atoms with Gasteiger partial charge in [0, 0.05) is 25.5 Å². The Kier molecular flexibility index (Phi) is 6.26. The van der Waals surface area contributed by atoms with Crippen molar-refractivity contribution in [1.82, 2.24) is 9.97 Å². The summed E-state index contributed by atoms with van der Waals surface area (Å²) in [5.74, 6) is 0.449. The Morgan fingerprint density at radius 2 is 1.96 bits per heavy atom. The highest BCUT2D eigenvalue weighted by molar-refractivity contribution is 7.92. The Morgan fingerprint density at radius 1 is 1.26 bits per heavy atom. The van der Waals surface area contributed by atoms with Crippen LogP contribution in [0.25, 0.3) is 0 Å². The number of alkyl halides is 3. The standard InChI is InChI=1S/C16H19F3N4O3S/c1-3-11-10-12(27(24,25)16(17,18)19)4-5-13(11)23(8-9-26-2)14-6-7-21-15(20)22-14/h4-7,10H,3,8-9H2,1-2H3,(H2,20,21,22). The molecule has 0 atom stereocenters. The van der Waals surface area contributed by atoms with E-state index < -0.39 is 20.2 Å². The van der Waals surface area contributed by atoms with E-state index in [0.29, 0.717) is 36.6 Å². The fraction of sp³-hybridized carbons (Fsp3) is 0.375. The quantitative estimate of drug-likeness (QED) is 0.758. The third-order valence-corrected chi connectivity index (χ3v) is 5.28. The van der Waals surface area contributed by atoms with E-state index in [9.17, 15) is 21.6 Å². The fourth-order valence-electron chi connectivity index (χ4n) is 2.46. The van der Waals surface area contributed by atoms with E-state index in [-0.39, 0.29) is 5.95 Å². The van der Waals surface area contributed by atoms with Gasteiger partial charge in [0.05, 0.1) is 11.5 Å². The van der Waals surface area contributed by atoms with Crippen molar-refractivity contribution in [2.45, 2.75) is 23.7 Å². The molecule has 1 aromatic carbocycles. The van der Waals surface area contributed by atoms with Crippen LogP contribution in [0.5, 0.6) is 0 Å². The summed E-state index contributed by atoms with van der Waals surface area (Å²) in [6.07, 6.45) is 1.76. The van der Waals surface area contributed by atoms with Gasteiger partial charge >= 0.3 is 5.51 Å². The first-order valence-electron chi connectivity index (χ1n) is 7.91. The number of methoxy groups -OCH3 is 1. The topological polar surface area (TPSA) is 98.4 Å². The van der Waals surface area contributed by atoms with Gasteiger partial charge in [-0.2, -0.15) is 18.2 Å². The Morgan fingerprint density at radius 3 is 2.52 bits per heavy atom. The molecule has 0 aliphatic carbocycles. The zero-order chi connectivity index (χ0) is 20.2. The lowest BCUT2D eigenvalue weighted by Crippen LogP contribution is -2.26. The smallest absolute Gasteiger partial charge is 0.383 e. The number of halogens is 3. The van der Waals surface area contributed by atoms with Crippen molar-refractivity contribution in [2.75, 3.05) is 30.9 Å². The number of nitrogens with zero attached hydrogens (tertiary/aromatic N) is 3. The van der Waals surface area contributed by atoms with Crippen LogP contribution in [0.15, 0.2) is 35.4 Å². The maximum absolute atomic E-state index is 12.8. The fourth-order valence-corrected chi connectivity index (χ4v) is 3.28. The first-order valence-corrected chi connectivity index (χ1v) is 9.39. The number of ether oxygens (including phenoxy) is 1. The van der Waals surface area contributed by atoms with Crippen LogP contribution in [0.1, 0.15) is 12.5 Å². The second-order valence-corrected chi connectivity index (χ2v) is 7.45. The number of nitrogens with two attached hydrogens (primary N) is 1. The molecule has 2 aromatic rings. The van der Waals surface area contributed by atoms with Crippen LogP contribution in [-0.4, -0.2) is 44.2 Å². The van der Waals surface area contributed by atoms with Gasteiger partial charge in [-0.1, -0.05) is 6.92 Å². The first kappa shape index (κ1) is 20.9. The van der Waals surface area contributed by atoms with Crippen molar-refractivity contribution in [1.29, 1.82) is 0 Å². The minimum atomic E-state index is -5.43. The summed E-state index contributed by atoms with van der Waals surface area (Å²) in [7, 11) is -3.92. The molecule has 0 fully saturated rings. The molecule has 0 aliphatic heterocycles. The number of benzene rings is 1. The number of aromatic nitrogens is 2. The van der Waals surface area contributed by atoms with Gasteiger partial charge in [-0.05, 0) is 36.2 Å². The van der Waals surface area contributed by atoms with Crippen molar-refractivity contribution in [2.24, 2.45) is 0 Å². The van der Waals surface area contributed by atoms with E-state index in [4.69, 9.17) is 10.5 Å². The van der Waals surface area contributed by atoms with Gasteiger partial charge in [-0.3, -0.25) is 0 Å². The zero-order valence-corrected chi connectivity index (χ0v) is 15.5. The highest BCUT2D eigenvalue weighted by Gasteiger charge is 2.47. The average molecular weight is 404 g/mol. The van der Waals surface area contributed by atoms with Gasteiger partial charge in [0.25, 0.3) is 9.84 Å². The molecular weight excluding hydrogens is 385 g/mol. The van der Waals surface area contributed by atoms with Crippen LogP contribution < -0.4 is 10.6 Å². The maximum atomic E-state index is 12.8. The number of rotatable bonds is 7. The van der Waals surface area contributed by atoms with Gasteiger partial charge in [0.1, 0.15) is 5.82 Å². The average Bonchev–Trinajstić information content (AvgIpc) is 2.61. The molecule has 27 heavy (non-hydrogen) atoms. The second kappa shape index (κ2) is 8.09. The Balaban J connectivity index is 2.57. The molecule has 0 saturated carbocycles. The van der Waals surface area contributed by atoms with Crippen LogP contribution in [0.4, 0.5) is 30.6 Å². The molecule has 11 heteroatoms. The van der Waals surface area contributed by atoms with E-state index in [1.807, 2.05) is 0 Å². The zero-order valence-electron chi connectivity index (χ0n) is 14.7. The lowest BCUT2D eigenvalue weighted by Gasteiger charge is -2.26. The summed E-state index contributed by atoms with van der Waals surface area (Å²) < 4.78 is 67.0. The minimum absolute atomic E-state index is 0.0317. The van der Waals surface area contributed by atoms with Crippen LogP contribution in [0, 0.1) is 0 Å². The molecule has 0 spiro atoms. The second-order valence-electron chi connectivity index (χ2n) is 5.51. The SMILES string of the molecule is CCc1cc(S(=O)(=O)C(F)(F)F)ccc1N(CCOC)c1ccnc(N)n1. The summed E-state index contributed by atoms with van der Waals surface area (Å²) >= 11 is 0. The summed E-state index contributed by atoms with van der Waals surface area (Å²) in [4.78, 5) is 8.83. The molecule has 148 valence electrons. The highest BCUT2D eigenvalue weighted by Crippen LogP contribution is 2.34. The summed E-state index contributed by atoms with van der Waals surface area (Å²) in [6.45, 7) is 2.34. The van der Waals surface area contributed by atoms with Crippen molar-refractivity contribution in [3.8, 4) is 0 Å². The van der Waals surface area contributed by atoms with Gasteiger partial charge in [0.15, 0.2) is 0 Å². The summed E-state index contributed by atoms with van der Waals surface area (Å²) in [5, 5.41) is 0. The maximum Gasteiger partial charge on any atom is 0.501 e. The molecule has 0 amide bonds. The number of anilines is 3. The Labute approximate surface area is 154 Å². The monoisotopic (exact) mass is 404 g/mol. The molecule has 0 bridgehead atoms. The predicted molar refractivity (Wildman–Crippen MR) is 94.4 cm³/mol. The van der Waals surface area contributed by atoms with E-state index in [1.54, 1.807) is 17.9 Å². The largest absolute Gasteiger partial charge is 0.501 e. The number of aryl methyl sites for hydroxylation is 1. The van der Waals surface area contributed by atoms with E-state index in [0.717, 1.165) is 12.1 Å². The van der Waals surface area contributed by atoms with Crippen LogP contribution >= 0.6 is 0 Å². The highest BCUT2D eigenvalue weighted by atomic mass is 32.2. The van der Waals surface area contributed by atoms with E-state index in [2.05, 4.69) is 9.97 Å². The molecule has 1 aromatic heterocycles. The van der Waals surface area contributed by atoms with Crippen molar-refractivity contribution < 1.29 is 26.3 Å². The van der Waals surface area contributed by atoms with Crippen LogP contribution in [0.3, 0.4) is 0 Å². The molecule has 7 nitrogen and oxygen atoms in total. The molecule has 2 N–H and O–H groups in total. The molecule has 0 unspecified atom stereocenters. The Bertz CT molecular complexity index is 904. The Hall–Kier alpha value is -2.40. The molecule has 2 rings (SSSR count). The molecule has 0 radical (unpaired) electrons. The van der Waals surface area contributed by atoms with E-state index >= 15 is 0 Å². The first-order chi connectivity index (χ1) is 12.6. The van der Waals surface area contributed by atoms with Crippen LogP contribution in [0.2, 0.25) is 0 Å². The normalized spacial score (nSPS) is 12.2. The predicted octanol–water partition coefficient (Wildman–Crippen LogP) is 2.70. The summed E-state index contributed by atoms with van der Waals surface area (Å²) in [5.41, 5.74) is 1.17. The third-order valence-electron chi connectivity index (χ3n) is 3.79. The molecule has 0 saturated heterocycles. The number of nitrogen functional groups attached to an aromatic ring is 1. The van der Waals surface area contributed by atoms with Gasteiger partial charge in [-0.15, -0.1) is 0 Å². The van der Waals surface area contributed by atoms with Crippen LogP contribution in [-0.2, 0) is 21.0 Å². The third kappa shape index (κ3) is 4.48. The van der Waals surface area contributed by atoms with Gasteiger partial charge < -0.3 is 15.4 Å².